The number of hydrogen-bond acceptors (Lipinski definition) is 7. The van der Waals surface area contributed by atoms with E-state index in [1.54, 1.807) is 0 Å². The molecule has 2 N–H and O–H groups in total. The van der Waals surface area contributed by atoms with Crippen molar-refractivity contribution in [2.24, 2.45) is 0 Å². The maximum atomic E-state index is 14.9. The van der Waals surface area contributed by atoms with E-state index in [0.717, 1.165) is 0 Å². The first-order chi connectivity index (χ1) is 14.9. The van der Waals surface area contributed by atoms with Crippen LogP contribution in [0.25, 0.3) is 11.2 Å². The number of nitrogen functional groups attached to an aromatic ring is 1. The highest BCUT2D eigenvalue weighted by Crippen LogP contribution is 2.43. The van der Waals surface area contributed by atoms with E-state index in [9.17, 15) is 4.39 Å². The molecule has 0 unspecified atom stereocenters. The first-order valence-electron chi connectivity index (χ1n) is 11.6. The molecule has 0 spiro atoms. The molecule has 3 rings (SSSR count). The van der Waals surface area contributed by atoms with Gasteiger partial charge in [-0.2, -0.15) is 9.37 Å². The molecule has 2 aromatic rings. The van der Waals surface area contributed by atoms with Crippen molar-refractivity contribution >= 4 is 33.6 Å². The zero-order valence-corrected chi connectivity index (χ0v) is 23.7. The van der Waals surface area contributed by atoms with Gasteiger partial charge in [0.05, 0.1) is 12.7 Å². The van der Waals surface area contributed by atoms with E-state index in [-0.39, 0.29) is 33.6 Å². The predicted molar refractivity (Wildman–Crippen MR) is 133 cm³/mol. The van der Waals surface area contributed by atoms with Crippen LogP contribution < -0.4 is 5.73 Å². The van der Waals surface area contributed by atoms with Crippen LogP contribution in [-0.4, -0.2) is 55.0 Å². The normalized spacial score (nSPS) is 22.9. The Bertz CT molecular complexity index is 1000. The maximum absolute atomic E-state index is 14.9. The molecule has 11 heteroatoms. The SMILES string of the molecule is CC(C)(C)[Si](C)(C)OC[C@H]1O[C@@H](n2c(F)nc3c(N)ncnc32)C[C@@H]1O[Si](C)(C)C(C)(C)C. The minimum absolute atomic E-state index is 0.0323. The average Bonchev–Trinajstić information content (AvgIpc) is 3.18. The Kier molecular flexibility index (Phi) is 6.88. The Morgan fingerprint density at radius 2 is 1.70 bits per heavy atom. The third kappa shape index (κ3) is 5.16. The molecule has 1 aliphatic heterocycles. The lowest BCUT2D eigenvalue weighted by atomic mass is 10.2. The summed E-state index contributed by atoms with van der Waals surface area (Å²) in [5.41, 5.74) is 6.45. The monoisotopic (exact) mass is 497 g/mol. The summed E-state index contributed by atoms with van der Waals surface area (Å²) < 4.78 is 36.0. The zero-order valence-electron chi connectivity index (χ0n) is 21.7. The van der Waals surface area contributed by atoms with Gasteiger partial charge in [-0.15, -0.1) is 0 Å². The maximum Gasteiger partial charge on any atom is 0.293 e. The Morgan fingerprint density at radius 1 is 1.09 bits per heavy atom. The van der Waals surface area contributed by atoms with Crippen molar-refractivity contribution in [3.05, 3.63) is 12.4 Å². The number of hydrogen-bond donors (Lipinski definition) is 1. The van der Waals surface area contributed by atoms with Crippen molar-refractivity contribution in [2.45, 2.75) is 103 Å². The zero-order chi connectivity index (χ0) is 25.0. The van der Waals surface area contributed by atoms with Gasteiger partial charge in [0.2, 0.25) is 0 Å². The summed E-state index contributed by atoms with van der Waals surface area (Å²) in [5, 5.41) is 0.104. The molecular formula is C22H40FN5O3Si2. The summed E-state index contributed by atoms with van der Waals surface area (Å²) in [7, 11) is -4.10. The standard InChI is InChI=1S/C22H40FN5O3Si2/c1-21(2,3)32(7,8)29-12-15-14(31-33(9,10)22(4,5)6)11-16(30-15)28-19-17(27-20(28)23)18(24)25-13-26-19/h13-16H,11-12H2,1-10H3,(H2,24,25,26)/t14-,15+,16+/m0/s1. The fourth-order valence-corrected chi connectivity index (χ4v) is 5.72. The molecule has 0 bridgehead atoms. The molecule has 3 atom stereocenters. The second-order valence-electron chi connectivity index (χ2n) is 12.0. The van der Waals surface area contributed by atoms with Gasteiger partial charge in [-0.3, -0.25) is 4.57 Å². The molecule has 0 amide bonds. The van der Waals surface area contributed by atoms with Crippen molar-refractivity contribution in [2.75, 3.05) is 12.3 Å². The first-order valence-corrected chi connectivity index (χ1v) is 17.4. The van der Waals surface area contributed by atoms with Crippen LogP contribution in [0.4, 0.5) is 10.2 Å². The van der Waals surface area contributed by atoms with E-state index in [1.165, 1.54) is 10.9 Å². The van der Waals surface area contributed by atoms with E-state index < -0.39 is 28.9 Å². The molecule has 3 heterocycles. The third-order valence-corrected chi connectivity index (χ3v) is 16.6. The van der Waals surface area contributed by atoms with Crippen molar-refractivity contribution in [1.29, 1.82) is 0 Å². The van der Waals surface area contributed by atoms with Crippen LogP contribution >= 0.6 is 0 Å². The molecule has 1 aliphatic rings. The van der Waals surface area contributed by atoms with Gasteiger partial charge < -0.3 is 19.3 Å². The molecule has 0 aromatic carbocycles. The second-order valence-corrected chi connectivity index (χ2v) is 21.6. The second kappa shape index (κ2) is 8.67. The van der Waals surface area contributed by atoms with E-state index in [0.29, 0.717) is 18.7 Å². The summed E-state index contributed by atoms with van der Waals surface area (Å²) in [6.45, 7) is 22.5. The molecule has 0 radical (unpaired) electrons. The number of halogens is 1. The van der Waals surface area contributed by atoms with E-state index >= 15 is 0 Å². The number of fused-ring (bicyclic) bond motifs is 1. The molecular weight excluding hydrogens is 457 g/mol. The Balaban J connectivity index is 1.92. The van der Waals surface area contributed by atoms with Crippen LogP contribution in [0.3, 0.4) is 0 Å². The molecule has 2 aromatic heterocycles. The number of ether oxygens (including phenoxy) is 1. The summed E-state index contributed by atoms with van der Waals surface area (Å²) in [5.74, 6) is 0.141. The number of anilines is 1. The average molecular weight is 498 g/mol. The topological polar surface area (TPSA) is 97.3 Å². The van der Waals surface area contributed by atoms with Gasteiger partial charge in [-0.1, -0.05) is 41.5 Å². The van der Waals surface area contributed by atoms with Crippen LogP contribution in [0.15, 0.2) is 6.33 Å². The van der Waals surface area contributed by atoms with Crippen molar-refractivity contribution in [3.8, 4) is 0 Å². The highest BCUT2D eigenvalue weighted by molar-refractivity contribution is 6.74. The van der Waals surface area contributed by atoms with Gasteiger partial charge in [-0.05, 0) is 36.3 Å². The molecule has 8 nitrogen and oxygen atoms in total. The predicted octanol–water partition coefficient (Wildman–Crippen LogP) is 5.25. The lowest BCUT2D eigenvalue weighted by molar-refractivity contribution is -0.0418. The highest BCUT2D eigenvalue weighted by atomic mass is 28.4. The van der Waals surface area contributed by atoms with Gasteiger partial charge in [0, 0.05) is 6.42 Å². The molecule has 0 saturated carbocycles. The summed E-state index contributed by atoms with van der Waals surface area (Å²) >= 11 is 0. The largest absolute Gasteiger partial charge is 0.414 e. The fraction of sp³-hybridized carbons (Fsp3) is 0.773. The lowest BCUT2D eigenvalue weighted by Gasteiger charge is -2.40. The first kappa shape index (κ1) is 26.2. The van der Waals surface area contributed by atoms with Crippen molar-refractivity contribution < 1.29 is 18.0 Å². The Labute approximate surface area is 198 Å². The fourth-order valence-electron chi connectivity index (χ4n) is 3.35. The van der Waals surface area contributed by atoms with Gasteiger partial charge in [0.25, 0.3) is 6.08 Å². The van der Waals surface area contributed by atoms with E-state index in [2.05, 4.69) is 82.7 Å². The van der Waals surface area contributed by atoms with Crippen molar-refractivity contribution in [3.63, 3.8) is 0 Å². The van der Waals surface area contributed by atoms with Gasteiger partial charge >= 0.3 is 0 Å². The van der Waals surface area contributed by atoms with Crippen LogP contribution in [0, 0.1) is 6.08 Å². The van der Waals surface area contributed by atoms with Crippen LogP contribution in [0.1, 0.15) is 54.2 Å². The van der Waals surface area contributed by atoms with E-state index in [1.807, 2.05) is 0 Å². The lowest BCUT2D eigenvalue weighted by Crippen LogP contribution is -2.48. The molecule has 186 valence electrons. The molecule has 33 heavy (non-hydrogen) atoms. The minimum atomic E-state index is -2.10. The summed E-state index contributed by atoms with van der Waals surface area (Å²) in [4.78, 5) is 12.1. The number of aromatic nitrogens is 4. The third-order valence-electron chi connectivity index (χ3n) is 7.60. The van der Waals surface area contributed by atoms with Crippen molar-refractivity contribution in [1.82, 2.24) is 19.5 Å². The summed E-state index contributed by atoms with van der Waals surface area (Å²) in [6, 6.07) is 0. The van der Waals surface area contributed by atoms with Gasteiger partial charge in [0.1, 0.15) is 18.7 Å². The molecule has 1 saturated heterocycles. The number of imidazole rings is 1. The number of nitrogens with two attached hydrogens (primary N) is 1. The smallest absolute Gasteiger partial charge is 0.293 e. The van der Waals surface area contributed by atoms with Crippen LogP contribution in [0.2, 0.25) is 36.3 Å². The van der Waals surface area contributed by atoms with Gasteiger partial charge in [-0.25, -0.2) is 9.97 Å². The summed E-state index contributed by atoms with van der Waals surface area (Å²) in [6.07, 6.45) is -0.0757. The highest BCUT2D eigenvalue weighted by Gasteiger charge is 2.47. The number of rotatable bonds is 6. The quantitative estimate of drug-likeness (QED) is 0.430. The Hall–Kier alpha value is -1.41. The molecule has 1 fully saturated rings. The van der Waals surface area contributed by atoms with Gasteiger partial charge in [0.15, 0.2) is 33.6 Å². The minimum Gasteiger partial charge on any atom is -0.414 e. The van der Waals surface area contributed by atoms with E-state index in [4.69, 9.17) is 19.3 Å². The van der Waals surface area contributed by atoms with Crippen LogP contribution in [0.5, 0.6) is 0 Å². The number of nitrogens with zero attached hydrogens (tertiary/aromatic N) is 4. The van der Waals surface area contributed by atoms with Crippen LogP contribution in [-0.2, 0) is 13.6 Å². The molecule has 0 aliphatic carbocycles. The Morgan fingerprint density at radius 3 is 2.27 bits per heavy atom.